The molecule has 0 saturated heterocycles. The first kappa shape index (κ1) is 13.1. The van der Waals surface area contributed by atoms with Gasteiger partial charge >= 0.3 is 0 Å². The van der Waals surface area contributed by atoms with Crippen LogP contribution in [0.25, 0.3) is 10.1 Å². The minimum Gasteiger partial charge on any atom is -0.347 e. The lowest BCUT2D eigenvalue weighted by Crippen LogP contribution is -2.21. The van der Waals surface area contributed by atoms with Crippen molar-refractivity contribution in [2.24, 2.45) is 0 Å². The maximum Gasteiger partial charge on any atom is 0.261 e. The normalized spacial score (nSPS) is 10.7. The molecule has 0 aliphatic rings. The van der Waals surface area contributed by atoms with Crippen molar-refractivity contribution >= 4 is 38.9 Å². The smallest absolute Gasteiger partial charge is 0.261 e. The van der Waals surface area contributed by atoms with Crippen molar-refractivity contribution < 1.29 is 4.79 Å². The van der Waals surface area contributed by atoms with Gasteiger partial charge in [0.1, 0.15) is 0 Å². The first-order chi connectivity index (χ1) is 9.74. The van der Waals surface area contributed by atoms with Gasteiger partial charge in [0.25, 0.3) is 5.91 Å². The summed E-state index contributed by atoms with van der Waals surface area (Å²) < 4.78 is 1.02. The molecule has 0 radical (unpaired) electrons. The zero-order valence-corrected chi connectivity index (χ0v) is 12.0. The number of fused-ring (bicyclic) bond motifs is 1. The number of thiophene rings is 1. The molecule has 0 aliphatic heterocycles. The highest BCUT2D eigenvalue weighted by molar-refractivity contribution is 7.20. The number of benzene rings is 1. The van der Waals surface area contributed by atoms with Gasteiger partial charge in [-0.05, 0) is 35.9 Å². The quantitative estimate of drug-likeness (QED) is 0.798. The van der Waals surface area contributed by atoms with Crippen LogP contribution in [-0.2, 0) is 6.54 Å². The lowest BCUT2D eigenvalue weighted by molar-refractivity contribution is 0.0955. The number of hydrogen-bond acceptors (Lipinski definition) is 3. The summed E-state index contributed by atoms with van der Waals surface area (Å²) in [6.07, 6.45) is 3.42. The van der Waals surface area contributed by atoms with Gasteiger partial charge in [-0.25, -0.2) is 0 Å². The molecule has 5 heteroatoms. The molecule has 1 amide bonds. The molecule has 0 saturated carbocycles. The summed E-state index contributed by atoms with van der Waals surface area (Å²) in [6.45, 7) is 0.489. The molecule has 3 rings (SSSR count). The van der Waals surface area contributed by atoms with Crippen LogP contribution in [-0.4, -0.2) is 10.9 Å². The minimum absolute atomic E-state index is 0.0842. The second-order valence-electron chi connectivity index (χ2n) is 4.30. The van der Waals surface area contributed by atoms with Crippen LogP contribution in [0.2, 0.25) is 5.02 Å². The van der Waals surface area contributed by atoms with E-state index < -0.39 is 0 Å². The Hall–Kier alpha value is -1.91. The summed E-state index contributed by atoms with van der Waals surface area (Å²) in [6, 6.07) is 11.3. The third kappa shape index (κ3) is 2.66. The number of amides is 1. The summed E-state index contributed by atoms with van der Waals surface area (Å²) in [4.78, 5) is 16.8. The Morgan fingerprint density at radius 2 is 2.05 bits per heavy atom. The van der Waals surface area contributed by atoms with E-state index in [9.17, 15) is 4.79 Å². The molecule has 0 spiro atoms. The minimum atomic E-state index is -0.0842. The van der Waals surface area contributed by atoms with Crippen molar-refractivity contribution in [2.75, 3.05) is 0 Å². The standard InChI is InChI=1S/C15H11ClN2OS/c16-12-2-1-3-13-11(12)8-14(20-13)15(19)18-9-10-4-6-17-7-5-10/h1-8H,9H2,(H,18,19). The summed E-state index contributed by atoms with van der Waals surface area (Å²) in [5.74, 6) is -0.0842. The first-order valence-electron chi connectivity index (χ1n) is 6.09. The van der Waals surface area contributed by atoms with E-state index in [0.717, 1.165) is 15.6 Å². The third-order valence-electron chi connectivity index (χ3n) is 2.93. The largest absolute Gasteiger partial charge is 0.347 e. The Balaban J connectivity index is 1.77. The molecule has 0 atom stereocenters. The Kier molecular flexibility index (Phi) is 3.67. The molecule has 100 valence electrons. The van der Waals surface area contributed by atoms with Gasteiger partial charge in [-0.1, -0.05) is 17.7 Å². The van der Waals surface area contributed by atoms with E-state index in [1.807, 2.05) is 36.4 Å². The van der Waals surface area contributed by atoms with Crippen LogP contribution < -0.4 is 5.32 Å². The van der Waals surface area contributed by atoms with Crippen LogP contribution >= 0.6 is 22.9 Å². The van der Waals surface area contributed by atoms with Crippen LogP contribution in [0.1, 0.15) is 15.2 Å². The maximum atomic E-state index is 12.1. The average molecular weight is 303 g/mol. The lowest BCUT2D eigenvalue weighted by atomic mass is 10.2. The third-order valence-corrected chi connectivity index (χ3v) is 4.36. The summed E-state index contributed by atoms with van der Waals surface area (Å²) in [5.41, 5.74) is 1.02. The van der Waals surface area contributed by atoms with Gasteiger partial charge in [0.2, 0.25) is 0 Å². The van der Waals surface area contributed by atoms with Crippen molar-refractivity contribution in [1.29, 1.82) is 0 Å². The SMILES string of the molecule is O=C(NCc1ccncc1)c1cc2c(Cl)cccc2s1. The van der Waals surface area contributed by atoms with Crippen molar-refractivity contribution in [3.8, 4) is 0 Å². The van der Waals surface area contributed by atoms with Crippen molar-refractivity contribution in [2.45, 2.75) is 6.54 Å². The summed E-state index contributed by atoms with van der Waals surface area (Å²) in [5, 5.41) is 4.49. The fraction of sp³-hybridized carbons (Fsp3) is 0.0667. The van der Waals surface area contributed by atoms with Crippen molar-refractivity contribution in [1.82, 2.24) is 10.3 Å². The number of pyridine rings is 1. The molecule has 3 aromatic rings. The number of hydrogen-bond donors (Lipinski definition) is 1. The predicted molar refractivity (Wildman–Crippen MR) is 82.2 cm³/mol. The topological polar surface area (TPSA) is 42.0 Å². The molecule has 2 aromatic heterocycles. The number of halogens is 1. The molecule has 0 fully saturated rings. The highest BCUT2D eigenvalue weighted by Gasteiger charge is 2.11. The number of carbonyl (C=O) groups excluding carboxylic acids is 1. The molecule has 3 nitrogen and oxygen atoms in total. The average Bonchev–Trinajstić information content (AvgIpc) is 2.91. The Morgan fingerprint density at radius 1 is 1.25 bits per heavy atom. The first-order valence-corrected chi connectivity index (χ1v) is 7.28. The molecular weight excluding hydrogens is 292 g/mol. The molecule has 1 aromatic carbocycles. The molecule has 0 aliphatic carbocycles. The summed E-state index contributed by atoms with van der Waals surface area (Å²) in [7, 11) is 0. The van der Waals surface area contributed by atoms with Crippen LogP contribution in [0.5, 0.6) is 0 Å². The monoisotopic (exact) mass is 302 g/mol. The Labute approximate surface area is 125 Å². The number of nitrogens with one attached hydrogen (secondary N) is 1. The lowest BCUT2D eigenvalue weighted by Gasteiger charge is -2.02. The number of nitrogens with zero attached hydrogens (tertiary/aromatic N) is 1. The van der Waals surface area contributed by atoms with Gasteiger partial charge in [-0.2, -0.15) is 0 Å². The Morgan fingerprint density at radius 3 is 2.80 bits per heavy atom. The van der Waals surface area contributed by atoms with Crippen molar-refractivity contribution in [3.05, 3.63) is 64.3 Å². The van der Waals surface area contributed by atoms with E-state index in [1.54, 1.807) is 12.4 Å². The number of aromatic nitrogens is 1. The van der Waals surface area contributed by atoms with Crippen LogP contribution in [0.4, 0.5) is 0 Å². The molecule has 0 unspecified atom stereocenters. The Bertz CT molecular complexity index is 755. The van der Waals surface area contributed by atoms with Crippen LogP contribution in [0, 0.1) is 0 Å². The molecule has 1 N–H and O–H groups in total. The molecular formula is C15H11ClN2OS. The molecule has 20 heavy (non-hydrogen) atoms. The van der Waals surface area contributed by atoms with Gasteiger partial charge < -0.3 is 5.32 Å². The van der Waals surface area contributed by atoms with E-state index >= 15 is 0 Å². The zero-order valence-electron chi connectivity index (χ0n) is 10.5. The second kappa shape index (κ2) is 5.61. The zero-order chi connectivity index (χ0) is 13.9. The van der Waals surface area contributed by atoms with Gasteiger partial charge in [0.05, 0.1) is 4.88 Å². The molecule has 2 heterocycles. The van der Waals surface area contributed by atoms with Crippen LogP contribution in [0.3, 0.4) is 0 Å². The maximum absolute atomic E-state index is 12.1. The van der Waals surface area contributed by atoms with E-state index in [2.05, 4.69) is 10.3 Å². The van der Waals surface area contributed by atoms with E-state index in [4.69, 9.17) is 11.6 Å². The highest BCUT2D eigenvalue weighted by atomic mass is 35.5. The van der Waals surface area contributed by atoms with Gasteiger partial charge in [0, 0.05) is 34.0 Å². The number of carbonyl (C=O) groups is 1. The van der Waals surface area contributed by atoms with E-state index in [0.29, 0.717) is 16.4 Å². The van der Waals surface area contributed by atoms with Crippen LogP contribution in [0.15, 0.2) is 48.8 Å². The predicted octanol–water partition coefficient (Wildman–Crippen LogP) is 3.88. The fourth-order valence-corrected chi connectivity index (χ4v) is 3.20. The van der Waals surface area contributed by atoms with Crippen molar-refractivity contribution in [3.63, 3.8) is 0 Å². The van der Waals surface area contributed by atoms with Gasteiger partial charge in [0.15, 0.2) is 0 Å². The second-order valence-corrected chi connectivity index (χ2v) is 5.79. The van der Waals surface area contributed by atoms with Gasteiger partial charge in [-0.3, -0.25) is 9.78 Å². The van der Waals surface area contributed by atoms with E-state index in [-0.39, 0.29) is 5.91 Å². The highest BCUT2D eigenvalue weighted by Crippen LogP contribution is 2.30. The number of rotatable bonds is 3. The van der Waals surface area contributed by atoms with Gasteiger partial charge in [-0.15, -0.1) is 11.3 Å². The summed E-state index contributed by atoms with van der Waals surface area (Å²) >= 11 is 7.56. The fourth-order valence-electron chi connectivity index (χ4n) is 1.91. The molecule has 0 bridgehead atoms. The van der Waals surface area contributed by atoms with E-state index in [1.165, 1.54) is 11.3 Å².